The highest BCUT2D eigenvalue weighted by Crippen LogP contribution is 2.40. The van der Waals surface area contributed by atoms with Gasteiger partial charge in [-0.1, -0.05) is 20.8 Å². The first-order chi connectivity index (χ1) is 7.83. The maximum absolute atomic E-state index is 6.45. The second-order valence-corrected chi connectivity index (χ2v) is 7.08. The topological polar surface area (TPSA) is 32.5 Å². The van der Waals surface area contributed by atoms with E-state index >= 15 is 0 Å². The molecule has 4 unspecified atom stereocenters. The molecule has 2 N–H and O–H groups in total. The standard InChI is InChI=1S/C14H29N3/c1-10-8-17(9-12(10)16(4)5)11-6-7-14(2,3)13(11)15/h10-13H,6-9,15H2,1-5H3. The lowest BCUT2D eigenvalue weighted by Gasteiger charge is -2.32. The van der Waals surface area contributed by atoms with Gasteiger partial charge in [0.2, 0.25) is 0 Å². The van der Waals surface area contributed by atoms with Crippen LogP contribution >= 0.6 is 0 Å². The van der Waals surface area contributed by atoms with Gasteiger partial charge in [-0.05, 0) is 38.3 Å². The molecule has 3 nitrogen and oxygen atoms in total. The van der Waals surface area contributed by atoms with Crippen LogP contribution in [0.25, 0.3) is 0 Å². The lowest BCUT2D eigenvalue weighted by molar-refractivity contribution is 0.182. The van der Waals surface area contributed by atoms with Gasteiger partial charge in [0.25, 0.3) is 0 Å². The lowest BCUT2D eigenvalue weighted by atomic mass is 9.87. The maximum atomic E-state index is 6.45. The molecule has 2 fully saturated rings. The number of likely N-dealkylation sites (tertiary alicyclic amines) is 1. The van der Waals surface area contributed by atoms with Gasteiger partial charge in [0.1, 0.15) is 0 Å². The van der Waals surface area contributed by atoms with Crippen molar-refractivity contribution in [1.82, 2.24) is 9.80 Å². The summed E-state index contributed by atoms with van der Waals surface area (Å²) < 4.78 is 0. The number of nitrogens with zero attached hydrogens (tertiary/aromatic N) is 2. The molecule has 0 radical (unpaired) electrons. The van der Waals surface area contributed by atoms with Crippen molar-refractivity contribution in [2.45, 2.75) is 51.7 Å². The smallest absolute Gasteiger partial charge is 0.0254 e. The van der Waals surface area contributed by atoms with E-state index in [1.807, 2.05) is 0 Å². The van der Waals surface area contributed by atoms with Crippen LogP contribution in [0.5, 0.6) is 0 Å². The van der Waals surface area contributed by atoms with Crippen molar-refractivity contribution in [2.75, 3.05) is 27.2 Å². The van der Waals surface area contributed by atoms with Gasteiger partial charge in [0.15, 0.2) is 0 Å². The Bertz CT molecular complexity index is 275. The summed E-state index contributed by atoms with van der Waals surface area (Å²) in [6.07, 6.45) is 2.55. The predicted molar refractivity (Wildman–Crippen MR) is 73.0 cm³/mol. The average molecular weight is 239 g/mol. The van der Waals surface area contributed by atoms with Crippen LogP contribution in [0, 0.1) is 11.3 Å². The van der Waals surface area contributed by atoms with Gasteiger partial charge in [-0.3, -0.25) is 4.90 Å². The molecular weight excluding hydrogens is 210 g/mol. The Morgan fingerprint density at radius 3 is 2.29 bits per heavy atom. The van der Waals surface area contributed by atoms with E-state index in [2.05, 4.69) is 44.7 Å². The zero-order valence-electron chi connectivity index (χ0n) is 12.1. The molecule has 17 heavy (non-hydrogen) atoms. The number of likely N-dealkylation sites (N-methyl/N-ethyl adjacent to an activating group) is 1. The van der Waals surface area contributed by atoms with E-state index in [0.717, 1.165) is 5.92 Å². The second-order valence-electron chi connectivity index (χ2n) is 7.08. The largest absolute Gasteiger partial charge is 0.326 e. The van der Waals surface area contributed by atoms with Gasteiger partial charge in [0.05, 0.1) is 0 Å². The fraction of sp³-hybridized carbons (Fsp3) is 1.00. The SMILES string of the molecule is CC1CN(C2CCC(C)(C)C2N)CC1N(C)C. The number of nitrogens with two attached hydrogens (primary N) is 1. The lowest BCUT2D eigenvalue weighted by Crippen LogP contribution is -2.49. The molecular formula is C14H29N3. The van der Waals surface area contributed by atoms with Crippen LogP contribution < -0.4 is 5.73 Å². The van der Waals surface area contributed by atoms with Crippen molar-refractivity contribution < 1.29 is 0 Å². The third kappa shape index (κ3) is 2.38. The molecule has 0 spiro atoms. The van der Waals surface area contributed by atoms with Gasteiger partial charge in [-0.15, -0.1) is 0 Å². The Morgan fingerprint density at radius 1 is 1.24 bits per heavy atom. The molecule has 0 aromatic heterocycles. The molecule has 1 saturated heterocycles. The molecule has 0 aromatic carbocycles. The fourth-order valence-electron chi connectivity index (χ4n) is 3.73. The Morgan fingerprint density at radius 2 is 1.88 bits per heavy atom. The van der Waals surface area contributed by atoms with Crippen molar-refractivity contribution in [3.8, 4) is 0 Å². The van der Waals surface area contributed by atoms with Gasteiger partial charge < -0.3 is 10.6 Å². The number of hydrogen-bond acceptors (Lipinski definition) is 3. The molecule has 0 bridgehead atoms. The molecule has 2 rings (SSSR count). The second kappa shape index (κ2) is 4.52. The van der Waals surface area contributed by atoms with Crippen molar-refractivity contribution >= 4 is 0 Å². The molecule has 2 aliphatic rings. The minimum absolute atomic E-state index is 0.324. The zero-order chi connectivity index (χ0) is 12.8. The molecule has 1 heterocycles. The summed E-state index contributed by atoms with van der Waals surface area (Å²) in [5, 5.41) is 0. The molecule has 1 aliphatic heterocycles. The van der Waals surface area contributed by atoms with E-state index in [-0.39, 0.29) is 0 Å². The quantitative estimate of drug-likeness (QED) is 0.790. The Labute approximate surface area is 106 Å². The Kier molecular flexibility index (Phi) is 3.54. The monoisotopic (exact) mass is 239 g/mol. The van der Waals surface area contributed by atoms with Crippen LogP contribution in [0.2, 0.25) is 0 Å². The molecule has 0 aromatic rings. The molecule has 1 aliphatic carbocycles. The summed E-state index contributed by atoms with van der Waals surface area (Å²) in [5.74, 6) is 0.765. The first-order valence-electron chi connectivity index (χ1n) is 6.99. The summed E-state index contributed by atoms with van der Waals surface area (Å²) in [6, 6.07) is 1.65. The Balaban J connectivity index is 2.02. The Hall–Kier alpha value is -0.120. The average Bonchev–Trinajstić information content (AvgIpc) is 2.70. The molecule has 4 atom stereocenters. The summed E-state index contributed by atoms with van der Waals surface area (Å²) >= 11 is 0. The van der Waals surface area contributed by atoms with Gasteiger partial charge in [0, 0.05) is 31.2 Å². The van der Waals surface area contributed by atoms with Gasteiger partial charge in [-0.25, -0.2) is 0 Å². The summed E-state index contributed by atoms with van der Waals surface area (Å²) in [4.78, 5) is 5.02. The van der Waals surface area contributed by atoms with Crippen molar-refractivity contribution in [2.24, 2.45) is 17.1 Å². The number of rotatable bonds is 2. The minimum atomic E-state index is 0.324. The number of hydrogen-bond donors (Lipinski definition) is 1. The van der Waals surface area contributed by atoms with E-state index < -0.39 is 0 Å². The van der Waals surface area contributed by atoms with E-state index in [4.69, 9.17) is 5.73 Å². The van der Waals surface area contributed by atoms with Crippen LogP contribution in [-0.2, 0) is 0 Å². The highest BCUT2D eigenvalue weighted by atomic mass is 15.3. The predicted octanol–water partition coefficient (Wildman–Crippen LogP) is 1.38. The summed E-state index contributed by atoms with van der Waals surface area (Å²) in [6.45, 7) is 9.43. The van der Waals surface area contributed by atoms with Crippen LogP contribution in [-0.4, -0.2) is 55.1 Å². The molecule has 3 heteroatoms. The van der Waals surface area contributed by atoms with Crippen molar-refractivity contribution in [3.05, 3.63) is 0 Å². The normalized spacial score (nSPS) is 42.5. The van der Waals surface area contributed by atoms with Crippen LogP contribution in [0.4, 0.5) is 0 Å². The highest BCUT2D eigenvalue weighted by molar-refractivity contribution is 5.02. The van der Waals surface area contributed by atoms with Crippen LogP contribution in [0.3, 0.4) is 0 Å². The fourth-order valence-corrected chi connectivity index (χ4v) is 3.73. The van der Waals surface area contributed by atoms with Crippen LogP contribution in [0.15, 0.2) is 0 Å². The van der Waals surface area contributed by atoms with Crippen LogP contribution in [0.1, 0.15) is 33.6 Å². The van der Waals surface area contributed by atoms with E-state index in [1.54, 1.807) is 0 Å². The van der Waals surface area contributed by atoms with Gasteiger partial charge >= 0.3 is 0 Å². The highest BCUT2D eigenvalue weighted by Gasteiger charge is 2.45. The summed E-state index contributed by atoms with van der Waals surface area (Å²) in [5.41, 5.74) is 6.77. The first kappa shape index (κ1) is 13.3. The molecule has 100 valence electrons. The zero-order valence-corrected chi connectivity index (χ0v) is 12.1. The maximum Gasteiger partial charge on any atom is 0.0254 e. The third-order valence-electron chi connectivity index (χ3n) is 5.13. The van der Waals surface area contributed by atoms with E-state index in [9.17, 15) is 0 Å². The molecule has 0 amide bonds. The van der Waals surface area contributed by atoms with Gasteiger partial charge in [-0.2, -0.15) is 0 Å². The third-order valence-corrected chi connectivity index (χ3v) is 5.13. The molecule has 1 saturated carbocycles. The summed E-state index contributed by atoms with van der Waals surface area (Å²) in [7, 11) is 4.40. The first-order valence-corrected chi connectivity index (χ1v) is 6.99. The van der Waals surface area contributed by atoms with Crippen molar-refractivity contribution in [3.63, 3.8) is 0 Å². The van der Waals surface area contributed by atoms with E-state index in [1.165, 1.54) is 25.9 Å². The van der Waals surface area contributed by atoms with Crippen molar-refractivity contribution in [1.29, 1.82) is 0 Å². The minimum Gasteiger partial charge on any atom is -0.326 e. The van der Waals surface area contributed by atoms with E-state index in [0.29, 0.717) is 23.5 Å².